The van der Waals surface area contributed by atoms with E-state index >= 15 is 0 Å². The van der Waals surface area contributed by atoms with Gasteiger partial charge in [-0.15, -0.1) is 10.2 Å². The van der Waals surface area contributed by atoms with E-state index in [1.54, 1.807) is 0 Å². The fraction of sp³-hybridized carbons (Fsp3) is 0.500. The van der Waals surface area contributed by atoms with Crippen molar-refractivity contribution in [3.63, 3.8) is 0 Å². The van der Waals surface area contributed by atoms with Crippen molar-refractivity contribution in [2.45, 2.75) is 51.9 Å². The zero-order valence-corrected chi connectivity index (χ0v) is 16.7. The Labute approximate surface area is 173 Å². The number of aromatic nitrogens is 8. The minimum atomic E-state index is -1.16. The van der Waals surface area contributed by atoms with E-state index in [1.807, 2.05) is 6.92 Å². The van der Waals surface area contributed by atoms with Crippen LogP contribution < -0.4 is 5.73 Å². The summed E-state index contributed by atoms with van der Waals surface area (Å²) in [6.45, 7) is 4.63. The number of tetrazole rings is 1. The highest BCUT2D eigenvalue weighted by atomic mass is 19.1. The Balaban J connectivity index is 1.82. The molecule has 1 saturated heterocycles. The molecule has 2 N–H and O–H groups in total. The lowest BCUT2D eigenvalue weighted by molar-refractivity contribution is -0.165. The molecule has 0 bridgehead atoms. The van der Waals surface area contributed by atoms with E-state index in [1.165, 1.54) is 29.5 Å². The smallest absolute Gasteiger partial charge is 0.312 e. The molecule has 1 fully saturated rings. The zero-order chi connectivity index (χ0) is 22.3. The number of hydrogen-bond donors (Lipinski definition) is 1. The molecule has 0 spiro atoms. The van der Waals surface area contributed by atoms with E-state index < -0.39 is 42.6 Å². The van der Waals surface area contributed by atoms with E-state index in [2.05, 4.69) is 30.4 Å². The van der Waals surface area contributed by atoms with Gasteiger partial charge in [-0.3, -0.25) is 14.2 Å². The summed E-state index contributed by atoms with van der Waals surface area (Å²) in [4.78, 5) is 36.2. The lowest BCUT2D eigenvalue weighted by Gasteiger charge is -2.23. The SMILES string of the molecule is CCn1nnc(C2OC(n3cnc4c(N)nc(F)nc43)C(OC(C)=O)C2OC(C)=O)n1. The predicted octanol–water partition coefficient (Wildman–Crippen LogP) is -0.312. The maximum Gasteiger partial charge on any atom is 0.312 e. The minimum absolute atomic E-state index is 0.000418. The highest BCUT2D eigenvalue weighted by molar-refractivity contribution is 5.81. The predicted molar refractivity (Wildman–Crippen MR) is 97.2 cm³/mol. The summed E-state index contributed by atoms with van der Waals surface area (Å²) in [7, 11) is 0. The van der Waals surface area contributed by atoms with Gasteiger partial charge < -0.3 is 19.9 Å². The molecule has 0 radical (unpaired) electrons. The number of hydrogen-bond acceptors (Lipinski definition) is 12. The molecule has 31 heavy (non-hydrogen) atoms. The molecule has 4 unspecified atom stereocenters. The maximum absolute atomic E-state index is 13.8. The van der Waals surface area contributed by atoms with Crippen molar-refractivity contribution in [2.75, 3.05) is 5.73 Å². The van der Waals surface area contributed by atoms with E-state index in [0.717, 1.165) is 0 Å². The average molecular weight is 435 g/mol. The van der Waals surface area contributed by atoms with Crippen LogP contribution in [-0.4, -0.2) is 63.9 Å². The Kier molecular flexibility index (Phi) is 5.18. The van der Waals surface area contributed by atoms with Crippen LogP contribution in [0, 0.1) is 6.08 Å². The van der Waals surface area contributed by atoms with Crippen LogP contribution in [0.5, 0.6) is 0 Å². The number of halogens is 1. The van der Waals surface area contributed by atoms with Gasteiger partial charge >= 0.3 is 18.0 Å². The van der Waals surface area contributed by atoms with Crippen molar-refractivity contribution >= 4 is 28.9 Å². The molecule has 3 aromatic rings. The number of aryl methyl sites for hydroxylation is 1. The molecule has 14 nitrogen and oxygen atoms in total. The van der Waals surface area contributed by atoms with E-state index in [4.69, 9.17) is 19.9 Å². The van der Waals surface area contributed by atoms with E-state index in [9.17, 15) is 14.0 Å². The molecule has 0 amide bonds. The second kappa shape index (κ2) is 7.82. The number of esters is 2. The van der Waals surface area contributed by atoms with Crippen molar-refractivity contribution in [2.24, 2.45) is 0 Å². The standard InChI is InChI=1S/C16H18FN9O5/c1-4-26-23-13(22-24-26)10-9(29-6(2)27)11(30-7(3)28)15(31-10)25-5-19-8-12(18)20-16(17)21-14(8)25/h5,9-11,15H,4H2,1-3H3,(H2,18,20,21). The number of nitrogens with zero attached hydrogens (tertiary/aromatic N) is 8. The van der Waals surface area contributed by atoms with Crippen LogP contribution in [-0.2, 0) is 30.3 Å². The van der Waals surface area contributed by atoms with Crippen molar-refractivity contribution in [3.05, 3.63) is 18.2 Å². The third-order valence-electron chi connectivity index (χ3n) is 4.49. The van der Waals surface area contributed by atoms with Crippen LogP contribution in [0.15, 0.2) is 6.33 Å². The zero-order valence-electron chi connectivity index (χ0n) is 16.7. The average Bonchev–Trinajstić information content (AvgIpc) is 3.39. The van der Waals surface area contributed by atoms with Gasteiger partial charge in [-0.05, 0) is 12.1 Å². The number of carbonyl (C=O) groups excluding carboxylic acids is 2. The topological polar surface area (TPSA) is 175 Å². The highest BCUT2D eigenvalue weighted by Crippen LogP contribution is 2.42. The van der Waals surface area contributed by atoms with Crippen molar-refractivity contribution in [3.8, 4) is 0 Å². The number of anilines is 1. The summed E-state index contributed by atoms with van der Waals surface area (Å²) in [5.41, 5.74) is 5.84. The van der Waals surface area contributed by atoms with Gasteiger partial charge in [-0.1, -0.05) is 0 Å². The molecule has 4 rings (SSSR count). The first-order chi connectivity index (χ1) is 14.8. The first-order valence-corrected chi connectivity index (χ1v) is 9.21. The monoisotopic (exact) mass is 435 g/mol. The lowest BCUT2D eigenvalue weighted by Crippen LogP contribution is -2.37. The van der Waals surface area contributed by atoms with Gasteiger partial charge in [-0.25, -0.2) is 4.98 Å². The van der Waals surface area contributed by atoms with Gasteiger partial charge in [0.25, 0.3) is 0 Å². The second-order valence-electron chi connectivity index (χ2n) is 6.63. The molecule has 164 valence electrons. The van der Waals surface area contributed by atoms with Gasteiger partial charge in [0.15, 0.2) is 41.5 Å². The number of rotatable bonds is 5. The van der Waals surface area contributed by atoms with Crippen molar-refractivity contribution < 1.29 is 28.2 Å². The van der Waals surface area contributed by atoms with Gasteiger partial charge in [-0.2, -0.15) is 19.2 Å². The molecule has 0 aliphatic carbocycles. The summed E-state index contributed by atoms with van der Waals surface area (Å²) in [5.74, 6) is -1.37. The van der Waals surface area contributed by atoms with E-state index in [-0.39, 0.29) is 22.8 Å². The van der Waals surface area contributed by atoms with Gasteiger partial charge in [0.05, 0.1) is 12.9 Å². The van der Waals surface area contributed by atoms with Crippen LogP contribution in [0.4, 0.5) is 10.2 Å². The van der Waals surface area contributed by atoms with Crippen molar-refractivity contribution in [1.29, 1.82) is 0 Å². The Morgan fingerprint density at radius 1 is 1.23 bits per heavy atom. The Morgan fingerprint density at radius 3 is 2.58 bits per heavy atom. The molecule has 0 aromatic carbocycles. The Hall–Kier alpha value is -3.75. The number of imidazole rings is 1. The van der Waals surface area contributed by atoms with Crippen LogP contribution in [0.3, 0.4) is 0 Å². The summed E-state index contributed by atoms with van der Waals surface area (Å²) in [6.07, 6.45) is -4.24. The second-order valence-corrected chi connectivity index (χ2v) is 6.63. The van der Waals surface area contributed by atoms with Gasteiger partial charge in [0.2, 0.25) is 5.82 Å². The van der Waals surface area contributed by atoms with Gasteiger partial charge in [0, 0.05) is 13.8 Å². The Bertz CT molecular complexity index is 1150. The molecule has 3 aromatic heterocycles. The molecule has 4 atom stereocenters. The summed E-state index contributed by atoms with van der Waals surface area (Å²) in [6, 6.07) is 0. The summed E-state index contributed by atoms with van der Waals surface area (Å²) in [5, 5.41) is 12.0. The third kappa shape index (κ3) is 3.74. The van der Waals surface area contributed by atoms with Crippen LogP contribution in [0.1, 0.15) is 38.9 Å². The molecule has 0 saturated carbocycles. The van der Waals surface area contributed by atoms with Crippen LogP contribution in [0.2, 0.25) is 0 Å². The number of carbonyl (C=O) groups is 2. The minimum Gasteiger partial charge on any atom is -0.455 e. The number of nitrogen functional groups attached to an aromatic ring is 1. The summed E-state index contributed by atoms with van der Waals surface area (Å²) >= 11 is 0. The largest absolute Gasteiger partial charge is 0.455 e. The number of fused-ring (bicyclic) bond motifs is 1. The van der Waals surface area contributed by atoms with E-state index in [0.29, 0.717) is 6.54 Å². The molecular formula is C16H18FN9O5. The molecule has 1 aliphatic rings. The molecule has 15 heteroatoms. The fourth-order valence-electron chi connectivity index (χ4n) is 3.31. The molecular weight excluding hydrogens is 417 g/mol. The maximum atomic E-state index is 13.8. The van der Waals surface area contributed by atoms with Crippen LogP contribution in [0.25, 0.3) is 11.2 Å². The van der Waals surface area contributed by atoms with Crippen molar-refractivity contribution in [1.82, 2.24) is 39.7 Å². The third-order valence-corrected chi connectivity index (χ3v) is 4.49. The number of ether oxygens (including phenoxy) is 3. The number of nitrogens with two attached hydrogens (primary N) is 1. The quantitative estimate of drug-likeness (QED) is 0.409. The van der Waals surface area contributed by atoms with Gasteiger partial charge in [0.1, 0.15) is 0 Å². The first-order valence-electron chi connectivity index (χ1n) is 9.21. The molecule has 4 heterocycles. The summed E-state index contributed by atoms with van der Waals surface area (Å²) < 4.78 is 32.0. The normalized spacial score (nSPS) is 23.2. The lowest BCUT2D eigenvalue weighted by atomic mass is 10.1. The Morgan fingerprint density at radius 2 is 1.94 bits per heavy atom. The fourth-order valence-corrected chi connectivity index (χ4v) is 3.31. The first kappa shape index (κ1) is 20.5. The highest BCUT2D eigenvalue weighted by Gasteiger charge is 2.53. The van der Waals surface area contributed by atoms with Crippen LogP contribution >= 0.6 is 0 Å². The molecule has 1 aliphatic heterocycles.